The van der Waals surface area contributed by atoms with Crippen LogP contribution in [0, 0.1) is 0 Å². The lowest BCUT2D eigenvalue weighted by Crippen LogP contribution is -2.22. The topological polar surface area (TPSA) is 88.3 Å². The molecule has 0 fully saturated rings. The molecule has 1 aromatic heterocycles. The fourth-order valence-electron chi connectivity index (χ4n) is 2.46. The highest BCUT2D eigenvalue weighted by Crippen LogP contribution is 2.16. The molecule has 0 atom stereocenters. The van der Waals surface area contributed by atoms with E-state index in [0.717, 1.165) is 0 Å². The Balaban J connectivity index is 1.84. The van der Waals surface area contributed by atoms with Gasteiger partial charge in [-0.2, -0.15) is 0 Å². The van der Waals surface area contributed by atoms with Crippen molar-refractivity contribution in [2.75, 3.05) is 11.9 Å². The van der Waals surface area contributed by atoms with Crippen molar-refractivity contribution in [1.82, 2.24) is 4.98 Å². The third kappa shape index (κ3) is 3.60. The first-order valence-corrected chi connectivity index (χ1v) is 8.27. The maximum atomic E-state index is 12.5. The van der Waals surface area contributed by atoms with E-state index in [1.165, 1.54) is 24.4 Å². The number of esters is 1. The first kappa shape index (κ1) is 17.7. The van der Waals surface area contributed by atoms with Crippen molar-refractivity contribution in [1.29, 1.82) is 0 Å². The highest BCUT2D eigenvalue weighted by atomic mass is 35.5. The molecule has 0 radical (unpaired) electrons. The number of rotatable bonds is 4. The molecule has 0 saturated heterocycles. The number of carbonyl (C=O) groups excluding carboxylic acids is 2. The molecule has 1 heterocycles. The first-order chi connectivity index (χ1) is 12.5. The van der Waals surface area contributed by atoms with Gasteiger partial charge in [0.1, 0.15) is 5.56 Å². The van der Waals surface area contributed by atoms with Gasteiger partial charge in [0.2, 0.25) is 5.43 Å². The van der Waals surface area contributed by atoms with Crippen LogP contribution >= 0.6 is 11.6 Å². The van der Waals surface area contributed by atoms with Gasteiger partial charge in [-0.05, 0) is 49.4 Å². The van der Waals surface area contributed by atoms with Gasteiger partial charge in [0.25, 0.3) is 5.91 Å². The van der Waals surface area contributed by atoms with Gasteiger partial charge in [0, 0.05) is 27.8 Å². The number of benzene rings is 2. The molecule has 1 amide bonds. The zero-order chi connectivity index (χ0) is 18.7. The number of nitrogens with one attached hydrogen (secondary N) is 2. The lowest BCUT2D eigenvalue weighted by molar-refractivity contribution is 0.0526. The third-order valence-corrected chi connectivity index (χ3v) is 3.98. The van der Waals surface area contributed by atoms with Crippen molar-refractivity contribution in [3.8, 4) is 0 Å². The Labute approximate surface area is 153 Å². The zero-order valence-electron chi connectivity index (χ0n) is 13.8. The number of halogens is 1. The van der Waals surface area contributed by atoms with Crippen molar-refractivity contribution < 1.29 is 14.3 Å². The molecule has 0 aliphatic heterocycles. The Kier molecular flexibility index (Phi) is 5.04. The Morgan fingerprint density at radius 3 is 2.58 bits per heavy atom. The van der Waals surface area contributed by atoms with Crippen molar-refractivity contribution in [2.45, 2.75) is 6.92 Å². The molecule has 132 valence electrons. The summed E-state index contributed by atoms with van der Waals surface area (Å²) in [4.78, 5) is 39.5. The Hall–Kier alpha value is -3.12. The van der Waals surface area contributed by atoms with Crippen molar-refractivity contribution in [3.05, 3.63) is 75.0 Å². The molecule has 0 spiro atoms. The van der Waals surface area contributed by atoms with Gasteiger partial charge in [0.05, 0.1) is 12.2 Å². The maximum absolute atomic E-state index is 12.5. The summed E-state index contributed by atoms with van der Waals surface area (Å²) in [5.41, 5.74) is 0.975. The van der Waals surface area contributed by atoms with Crippen LogP contribution in [-0.2, 0) is 4.74 Å². The summed E-state index contributed by atoms with van der Waals surface area (Å²) < 4.78 is 4.90. The van der Waals surface area contributed by atoms with E-state index >= 15 is 0 Å². The number of aromatic amines is 1. The monoisotopic (exact) mass is 370 g/mol. The maximum Gasteiger partial charge on any atom is 0.338 e. The second kappa shape index (κ2) is 7.41. The van der Waals surface area contributed by atoms with E-state index < -0.39 is 17.3 Å². The molecule has 0 aliphatic carbocycles. The van der Waals surface area contributed by atoms with E-state index in [1.54, 1.807) is 31.2 Å². The van der Waals surface area contributed by atoms with Crippen LogP contribution in [0.3, 0.4) is 0 Å². The molecule has 2 N–H and O–H groups in total. The minimum Gasteiger partial charge on any atom is -0.462 e. The third-order valence-electron chi connectivity index (χ3n) is 3.74. The van der Waals surface area contributed by atoms with Gasteiger partial charge in [-0.25, -0.2) is 4.79 Å². The van der Waals surface area contributed by atoms with Crippen LogP contribution in [0.15, 0.2) is 53.5 Å². The van der Waals surface area contributed by atoms with Crippen LogP contribution in [-0.4, -0.2) is 23.5 Å². The quantitative estimate of drug-likeness (QED) is 0.687. The van der Waals surface area contributed by atoms with Gasteiger partial charge >= 0.3 is 5.97 Å². The average Bonchev–Trinajstić information content (AvgIpc) is 2.63. The van der Waals surface area contributed by atoms with Crippen molar-refractivity contribution in [2.24, 2.45) is 0 Å². The van der Waals surface area contributed by atoms with E-state index in [1.807, 2.05) is 0 Å². The standard InChI is InChI=1S/C19H15ClN2O4/c1-2-26-19(25)11-3-6-13(7-4-11)22-18(24)15-10-21-16-8-5-12(20)9-14(16)17(15)23/h3-10H,2H2,1H3,(H,21,23)(H,22,24). The predicted molar refractivity (Wildman–Crippen MR) is 99.9 cm³/mol. The number of H-pyrrole nitrogens is 1. The van der Waals surface area contributed by atoms with Crippen LogP contribution in [0.4, 0.5) is 5.69 Å². The van der Waals surface area contributed by atoms with Gasteiger partial charge < -0.3 is 15.0 Å². The molecule has 3 rings (SSSR count). The molecule has 0 bridgehead atoms. The number of hydrogen-bond acceptors (Lipinski definition) is 4. The molecule has 26 heavy (non-hydrogen) atoms. The number of pyridine rings is 1. The van der Waals surface area contributed by atoms with E-state index in [4.69, 9.17) is 16.3 Å². The number of hydrogen-bond donors (Lipinski definition) is 2. The molecule has 7 heteroatoms. The summed E-state index contributed by atoms with van der Waals surface area (Å²) in [5, 5.41) is 3.38. The fraction of sp³-hybridized carbons (Fsp3) is 0.105. The average molecular weight is 371 g/mol. The number of amides is 1. The Morgan fingerprint density at radius 1 is 1.15 bits per heavy atom. The molecular weight excluding hydrogens is 356 g/mol. The van der Waals surface area contributed by atoms with E-state index in [0.29, 0.717) is 27.2 Å². The van der Waals surface area contributed by atoms with Crippen LogP contribution in [0.2, 0.25) is 5.02 Å². The Morgan fingerprint density at radius 2 is 1.88 bits per heavy atom. The molecule has 3 aromatic rings. The summed E-state index contributed by atoms with van der Waals surface area (Å²) in [6.07, 6.45) is 1.36. The lowest BCUT2D eigenvalue weighted by Gasteiger charge is -2.07. The van der Waals surface area contributed by atoms with Gasteiger partial charge in [0.15, 0.2) is 0 Å². The van der Waals surface area contributed by atoms with Crippen LogP contribution in [0.1, 0.15) is 27.6 Å². The number of anilines is 1. The predicted octanol–water partition coefficient (Wildman–Crippen LogP) is 3.61. The molecule has 0 aliphatic rings. The minimum absolute atomic E-state index is 0.0331. The molecule has 6 nitrogen and oxygen atoms in total. The SMILES string of the molecule is CCOC(=O)c1ccc(NC(=O)c2c[nH]c3ccc(Cl)cc3c2=O)cc1. The van der Waals surface area contributed by atoms with Crippen LogP contribution < -0.4 is 10.7 Å². The largest absolute Gasteiger partial charge is 0.462 e. The smallest absolute Gasteiger partial charge is 0.338 e. The van der Waals surface area contributed by atoms with Crippen LogP contribution in [0.5, 0.6) is 0 Å². The van der Waals surface area contributed by atoms with E-state index in [-0.39, 0.29) is 12.2 Å². The molecule has 2 aromatic carbocycles. The second-order valence-electron chi connectivity index (χ2n) is 5.47. The normalized spacial score (nSPS) is 10.5. The highest BCUT2D eigenvalue weighted by molar-refractivity contribution is 6.31. The summed E-state index contributed by atoms with van der Waals surface area (Å²) in [6.45, 7) is 2.01. The van der Waals surface area contributed by atoms with Gasteiger partial charge in [-0.15, -0.1) is 0 Å². The summed E-state index contributed by atoms with van der Waals surface area (Å²) in [5.74, 6) is -0.995. The number of ether oxygens (including phenoxy) is 1. The fourth-order valence-corrected chi connectivity index (χ4v) is 2.63. The summed E-state index contributed by atoms with van der Waals surface area (Å²) in [6, 6.07) is 11.1. The van der Waals surface area contributed by atoms with Crippen LogP contribution in [0.25, 0.3) is 10.9 Å². The number of fused-ring (bicyclic) bond motifs is 1. The molecule has 0 unspecified atom stereocenters. The lowest BCUT2D eigenvalue weighted by atomic mass is 10.1. The minimum atomic E-state index is -0.558. The van der Waals surface area contributed by atoms with Gasteiger partial charge in [-0.3, -0.25) is 9.59 Å². The number of aromatic nitrogens is 1. The first-order valence-electron chi connectivity index (χ1n) is 7.89. The van der Waals surface area contributed by atoms with Crippen molar-refractivity contribution >= 4 is 40.1 Å². The van der Waals surface area contributed by atoms with Gasteiger partial charge in [-0.1, -0.05) is 11.6 Å². The molecule has 0 saturated carbocycles. The Bertz CT molecular complexity index is 1040. The second-order valence-corrected chi connectivity index (χ2v) is 5.91. The number of carbonyl (C=O) groups is 2. The summed E-state index contributed by atoms with van der Waals surface area (Å²) in [7, 11) is 0. The highest BCUT2D eigenvalue weighted by Gasteiger charge is 2.14. The summed E-state index contributed by atoms with van der Waals surface area (Å²) >= 11 is 5.92. The van der Waals surface area contributed by atoms with E-state index in [2.05, 4.69) is 10.3 Å². The molecular formula is C19H15ClN2O4. The van der Waals surface area contributed by atoms with Crippen molar-refractivity contribution in [3.63, 3.8) is 0 Å². The van der Waals surface area contributed by atoms with E-state index in [9.17, 15) is 14.4 Å². The zero-order valence-corrected chi connectivity index (χ0v) is 14.6.